The highest BCUT2D eigenvalue weighted by molar-refractivity contribution is 6.35. The number of imidazole rings is 1. The lowest BCUT2D eigenvalue weighted by molar-refractivity contribution is -0.110. The van der Waals surface area contributed by atoms with Gasteiger partial charge in [-0.2, -0.15) is 0 Å². The van der Waals surface area contributed by atoms with Gasteiger partial charge in [0.15, 0.2) is 0 Å². The van der Waals surface area contributed by atoms with Crippen molar-refractivity contribution in [2.45, 2.75) is 13.5 Å². The van der Waals surface area contributed by atoms with Gasteiger partial charge in [-0.1, -0.05) is 0 Å². The van der Waals surface area contributed by atoms with Crippen LogP contribution < -0.4 is 10.6 Å². The van der Waals surface area contributed by atoms with Gasteiger partial charge >= 0.3 is 0 Å². The number of rotatable bonds is 4. The van der Waals surface area contributed by atoms with Gasteiger partial charge in [0.1, 0.15) is 11.6 Å². The Kier molecular flexibility index (Phi) is 4.19. The Morgan fingerprint density at radius 2 is 1.93 bits per heavy atom. The van der Waals surface area contributed by atoms with Gasteiger partial charge in [-0.3, -0.25) is 4.79 Å². The average molecular weight is 366 g/mol. The first kappa shape index (κ1) is 17.0. The van der Waals surface area contributed by atoms with Crippen molar-refractivity contribution in [2.24, 2.45) is 0 Å². The molecule has 0 bridgehead atoms. The van der Waals surface area contributed by atoms with Crippen molar-refractivity contribution < 1.29 is 13.6 Å². The van der Waals surface area contributed by atoms with Crippen LogP contribution in [0.4, 0.5) is 20.2 Å². The summed E-state index contributed by atoms with van der Waals surface area (Å²) >= 11 is 0. The molecule has 0 unspecified atom stereocenters. The largest absolute Gasteiger partial charge is 0.381 e. The summed E-state index contributed by atoms with van der Waals surface area (Å²) in [4.78, 5) is 19.5. The number of benzene rings is 2. The number of nitrogens with zero attached hydrogens (tertiary/aromatic N) is 1. The van der Waals surface area contributed by atoms with Crippen molar-refractivity contribution in [3.8, 4) is 0 Å². The number of carbonyl (C=O) groups is 1. The first-order chi connectivity index (χ1) is 13.0. The maximum atomic E-state index is 13.3. The Hall–Kier alpha value is -3.48. The van der Waals surface area contributed by atoms with E-state index in [1.807, 2.05) is 13.0 Å². The Morgan fingerprint density at radius 3 is 2.63 bits per heavy atom. The molecule has 0 fully saturated rings. The SMILES string of the molecule is Cc1[nH]cnc1/C=C1\C(=O)Nc2ccc(NCc3cc(F)cc(F)c3)cc21. The number of carbonyl (C=O) groups excluding carboxylic acids is 1. The molecule has 4 rings (SSSR count). The number of aryl methyl sites for hydroxylation is 1. The Morgan fingerprint density at radius 1 is 1.15 bits per heavy atom. The fourth-order valence-corrected chi connectivity index (χ4v) is 3.01. The molecule has 2 aromatic carbocycles. The number of aromatic amines is 1. The Balaban J connectivity index is 1.60. The van der Waals surface area contributed by atoms with E-state index in [-0.39, 0.29) is 12.5 Å². The van der Waals surface area contributed by atoms with Crippen molar-refractivity contribution in [3.63, 3.8) is 0 Å². The number of nitrogens with one attached hydrogen (secondary N) is 3. The van der Waals surface area contributed by atoms with Gasteiger partial charge < -0.3 is 15.6 Å². The number of halogens is 2. The van der Waals surface area contributed by atoms with Crippen molar-refractivity contribution in [1.82, 2.24) is 9.97 Å². The number of aromatic nitrogens is 2. The zero-order valence-electron chi connectivity index (χ0n) is 14.4. The molecule has 136 valence electrons. The molecule has 1 amide bonds. The van der Waals surface area contributed by atoms with Crippen LogP contribution in [0.3, 0.4) is 0 Å². The van der Waals surface area contributed by atoms with Crippen LogP contribution in [0.15, 0.2) is 42.7 Å². The predicted octanol–water partition coefficient (Wildman–Crippen LogP) is 4.10. The topological polar surface area (TPSA) is 69.8 Å². The minimum Gasteiger partial charge on any atom is -0.381 e. The standard InChI is InChI=1S/C20H16F2N4O/c1-11-19(25-10-24-11)8-17-16-7-15(2-3-18(16)26-20(17)27)23-9-12-4-13(21)6-14(22)5-12/h2-8,10,23H,9H2,1H3,(H,24,25)(H,26,27)/b17-8-. The molecule has 1 aliphatic rings. The molecule has 0 radical (unpaired) electrons. The summed E-state index contributed by atoms with van der Waals surface area (Å²) in [6.45, 7) is 2.13. The molecule has 7 heteroatoms. The van der Waals surface area contributed by atoms with E-state index in [2.05, 4.69) is 20.6 Å². The molecule has 0 atom stereocenters. The second kappa shape index (κ2) is 6.68. The molecule has 3 N–H and O–H groups in total. The van der Waals surface area contributed by atoms with Gasteiger partial charge in [0.2, 0.25) is 0 Å². The fraction of sp³-hybridized carbons (Fsp3) is 0.100. The second-order valence-corrected chi connectivity index (χ2v) is 6.32. The van der Waals surface area contributed by atoms with E-state index >= 15 is 0 Å². The summed E-state index contributed by atoms with van der Waals surface area (Å²) in [5.41, 5.74) is 4.76. The molecule has 0 spiro atoms. The first-order valence-corrected chi connectivity index (χ1v) is 8.36. The molecule has 5 nitrogen and oxygen atoms in total. The third-order valence-electron chi connectivity index (χ3n) is 4.37. The van der Waals surface area contributed by atoms with Crippen LogP contribution in [-0.2, 0) is 11.3 Å². The van der Waals surface area contributed by atoms with E-state index in [0.29, 0.717) is 22.5 Å². The molecule has 3 aromatic rings. The molecule has 27 heavy (non-hydrogen) atoms. The highest BCUT2D eigenvalue weighted by atomic mass is 19.1. The third-order valence-corrected chi connectivity index (χ3v) is 4.37. The zero-order chi connectivity index (χ0) is 19.0. The molecular weight excluding hydrogens is 350 g/mol. The summed E-state index contributed by atoms with van der Waals surface area (Å²) in [7, 11) is 0. The number of hydrogen-bond donors (Lipinski definition) is 3. The van der Waals surface area contributed by atoms with Gasteiger partial charge in [0.25, 0.3) is 5.91 Å². The number of fused-ring (bicyclic) bond motifs is 1. The lowest BCUT2D eigenvalue weighted by Crippen LogP contribution is -2.03. The summed E-state index contributed by atoms with van der Waals surface area (Å²) < 4.78 is 26.6. The van der Waals surface area contributed by atoms with Crippen molar-refractivity contribution in [1.29, 1.82) is 0 Å². The lowest BCUT2D eigenvalue weighted by Gasteiger charge is -2.09. The van der Waals surface area contributed by atoms with Gasteiger partial charge in [-0.25, -0.2) is 13.8 Å². The molecular formula is C20H16F2N4O. The van der Waals surface area contributed by atoms with Crippen molar-refractivity contribution >= 4 is 28.9 Å². The summed E-state index contributed by atoms with van der Waals surface area (Å²) in [6.07, 6.45) is 3.31. The number of amides is 1. The van der Waals surface area contributed by atoms with Crippen molar-refractivity contribution in [2.75, 3.05) is 10.6 Å². The second-order valence-electron chi connectivity index (χ2n) is 6.32. The minimum atomic E-state index is -0.616. The highest BCUT2D eigenvalue weighted by Crippen LogP contribution is 2.35. The van der Waals surface area contributed by atoms with Crippen LogP contribution in [0.25, 0.3) is 11.6 Å². The summed E-state index contributed by atoms with van der Waals surface area (Å²) in [5.74, 6) is -1.43. The Bertz CT molecular complexity index is 1050. The summed E-state index contributed by atoms with van der Waals surface area (Å²) in [6, 6.07) is 8.82. The van der Waals surface area contributed by atoms with Crippen molar-refractivity contribution in [3.05, 3.63) is 76.9 Å². The zero-order valence-corrected chi connectivity index (χ0v) is 14.4. The van der Waals surface area contributed by atoms with Crippen LogP contribution in [0.2, 0.25) is 0 Å². The fourth-order valence-electron chi connectivity index (χ4n) is 3.01. The van der Waals surface area contributed by atoms with Crippen LogP contribution in [-0.4, -0.2) is 15.9 Å². The average Bonchev–Trinajstić information content (AvgIpc) is 3.16. The monoisotopic (exact) mass is 366 g/mol. The van der Waals surface area contributed by atoms with Gasteiger partial charge in [-0.05, 0) is 48.9 Å². The molecule has 0 saturated heterocycles. The lowest BCUT2D eigenvalue weighted by atomic mass is 10.0. The van der Waals surface area contributed by atoms with E-state index < -0.39 is 11.6 Å². The van der Waals surface area contributed by atoms with Gasteiger partial charge in [0, 0.05) is 35.2 Å². The quantitative estimate of drug-likeness (QED) is 0.609. The maximum Gasteiger partial charge on any atom is 0.256 e. The van der Waals surface area contributed by atoms with E-state index in [1.165, 1.54) is 12.1 Å². The maximum absolute atomic E-state index is 13.3. The molecule has 0 saturated carbocycles. The summed E-state index contributed by atoms with van der Waals surface area (Å²) in [5, 5.41) is 5.95. The number of hydrogen-bond acceptors (Lipinski definition) is 3. The third kappa shape index (κ3) is 3.44. The molecule has 1 aliphatic heterocycles. The van der Waals surface area contributed by atoms with E-state index in [0.717, 1.165) is 23.0 Å². The molecule has 2 heterocycles. The van der Waals surface area contributed by atoms with E-state index in [9.17, 15) is 13.6 Å². The highest BCUT2D eigenvalue weighted by Gasteiger charge is 2.24. The number of H-pyrrole nitrogens is 1. The van der Waals surface area contributed by atoms with E-state index in [1.54, 1.807) is 24.5 Å². The predicted molar refractivity (Wildman–Crippen MR) is 100.0 cm³/mol. The Labute approximate surface area is 154 Å². The smallest absolute Gasteiger partial charge is 0.256 e. The van der Waals surface area contributed by atoms with Crippen LogP contribution in [0, 0.1) is 18.6 Å². The van der Waals surface area contributed by atoms with E-state index in [4.69, 9.17) is 0 Å². The molecule has 0 aliphatic carbocycles. The van der Waals surface area contributed by atoms with Gasteiger partial charge in [0.05, 0.1) is 17.6 Å². The van der Waals surface area contributed by atoms with Crippen LogP contribution in [0.5, 0.6) is 0 Å². The number of anilines is 2. The molecule has 1 aromatic heterocycles. The first-order valence-electron chi connectivity index (χ1n) is 8.36. The van der Waals surface area contributed by atoms with Crippen LogP contribution >= 0.6 is 0 Å². The normalized spacial score (nSPS) is 14.3. The minimum absolute atomic E-state index is 0.197. The van der Waals surface area contributed by atoms with Crippen LogP contribution in [0.1, 0.15) is 22.5 Å². The van der Waals surface area contributed by atoms with Gasteiger partial charge in [-0.15, -0.1) is 0 Å².